The second-order valence-corrected chi connectivity index (χ2v) is 7.08. The first-order valence-corrected chi connectivity index (χ1v) is 7.64. The fourth-order valence-corrected chi connectivity index (χ4v) is 3.21. The van der Waals surface area contributed by atoms with Crippen LogP contribution in [0.4, 0.5) is 21.2 Å². The number of nitro benzene ring substituents is 1. The zero-order valence-electron chi connectivity index (χ0n) is 10.1. The van der Waals surface area contributed by atoms with Crippen molar-refractivity contribution < 1.29 is 25.2 Å². The molecule has 114 valence electrons. The van der Waals surface area contributed by atoms with Gasteiger partial charge in [-0.05, 0) is 30.7 Å². The number of nitrogens with zero attached hydrogens (tertiary/aromatic N) is 1. The van der Waals surface area contributed by atoms with E-state index in [0.717, 1.165) is 0 Å². The molecular formula is C10H10ClF4NO3S. The topological polar surface area (TPSA) is 52.4 Å². The van der Waals surface area contributed by atoms with E-state index in [0.29, 0.717) is 24.3 Å². The molecule has 0 heterocycles. The second kappa shape index (κ2) is 4.52. The third-order valence-corrected chi connectivity index (χ3v) is 4.44. The summed E-state index contributed by atoms with van der Waals surface area (Å²) in [4.78, 5) is 7.84. The number of halogens is 5. The molecule has 0 aliphatic heterocycles. The van der Waals surface area contributed by atoms with E-state index in [2.05, 4.69) is 4.74 Å². The third kappa shape index (κ3) is 3.76. The van der Waals surface area contributed by atoms with Crippen LogP contribution in [0.1, 0.15) is 6.92 Å². The maximum Gasteiger partial charge on any atom is 0.269 e. The summed E-state index contributed by atoms with van der Waals surface area (Å²) in [5.74, 6) is 0. The van der Waals surface area contributed by atoms with Crippen LogP contribution in [0, 0.1) is 10.1 Å². The highest BCUT2D eigenvalue weighted by Crippen LogP contribution is 3.02. The third-order valence-electron chi connectivity index (χ3n) is 2.15. The molecule has 1 aromatic carbocycles. The number of non-ortho nitro benzene ring substituents is 1. The largest absolute Gasteiger partial charge is 0.483 e. The maximum atomic E-state index is 13.8. The summed E-state index contributed by atoms with van der Waals surface area (Å²) in [5.41, 5.74) is -0.581. The van der Waals surface area contributed by atoms with Crippen molar-refractivity contribution in [3.05, 3.63) is 45.0 Å². The molecule has 0 amide bonds. The van der Waals surface area contributed by atoms with Crippen molar-refractivity contribution >= 4 is 27.1 Å². The summed E-state index contributed by atoms with van der Waals surface area (Å²) in [7, 11) is -8.80. The lowest BCUT2D eigenvalue weighted by molar-refractivity contribution is -0.384. The molecular weight excluding hydrogens is 326 g/mol. The van der Waals surface area contributed by atoms with Crippen LogP contribution in [-0.4, -0.2) is 11.5 Å². The standard InChI is InChI=1S/C10H10ClF4NO3S/c1-2-19-10(11)7-20(12,13,14,15)9-5-3-8(4-6-9)16(17)18/h3-7H,2H2,1H3. The molecule has 0 unspecified atom stereocenters. The van der Waals surface area contributed by atoms with Crippen molar-refractivity contribution in [2.75, 3.05) is 6.61 Å². The summed E-state index contributed by atoms with van der Waals surface area (Å²) >= 11 is 5.18. The van der Waals surface area contributed by atoms with Crippen molar-refractivity contribution in [2.24, 2.45) is 0 Å². The molecule has 0 fully saturated rings. The van der Waals surface area contributed by atoms with Crippen LogP contribution >= 0.6 is 21.4 Å². The lowest BCUT2D eigenvalue weighted by Crippen LogP contribution is -2.11. The van der Waals surface area contributed by atoms with E-state index in [4.69, 9.17) is 11.6 Å². The van der Waals surface area contributed by atoms with Crippen LogP contribution < -0.4 is 0 Å². The molecule has 20 heavy (non-hydrogen) atoms. The molecule has 4 nitrogen and oxygen atoms in total. The lowest BCUT2D eigenvalue weighted by Gasteiger charge is -2.46. The highest BCUT2D eigenvalue weighted by Gasteiger charge is 2.63. The van der Waals surface area contributed by atoms with E-state index >= 15 is 0 Å². The van der Waals surface area contributed by atoms with E-state index in [1.807, 2.05) is 0 Å². The molecule has 0 saturated heterocycles. The van der Waals surface area contributed by atoms with Crippen LogP contribution in [0.25, 0.3) is 0 Å². The summed E-state index contributed by atoms with van der Waals surface area (Å²) in [6.45, 7) is 1.22. The van der Waals surface area contributed by atoms with Gasteiger partial charge in [-0.15, -0.1) is 15.5 Å². The number of hydrogen-bond acceptors (Lipinski definition) is 3. The first-order chi connectivity index (χ1) is 8.88. The zero-order valence-corrected chi connectivity index (χ0v) is 11.6. The normalized spacial score (nSPS) is 16.2. The Morgan fingerprint density at radius 1 is 1.35 bits per heavy atom. The molecule has 0 bridgehead atoms. The van der Waals surface area contributed by atoms with Crippen LogP contribution in [0.15, 0.2) is 39.8 Å². The number of nitro groups is 1. The van der Waals surface area contributed by atoms with Gasteiger partial charge in [-0.2, -0.15) is 0 Å². The van der Waals surface area contributed by atoms with Crippen molar-refractivity contribution in [2.45, 2.75) is 11.8 Å². The van der Waals surface area contributed by atoms with Gasteiger partial charge in [-0.25, -0.2) is 0 Å². The van der Waals surface area contributed by atoms with Crippen LogP contribution in [0.5, 0.6) is 0 Å². The van der Waals surface area contributed by atoms with Gasteiger partial charge >= 0.3 is 0 Å². The molecule has 0 aliphatic rings. The lowest BCUT2D eigenvalue weighted by atomic mass is 10.3. The van der Waals surface area contributed by atoms with Gasteiger partial charge in [0.05, 0.1) is 21.8 Å². The highest BCUT2D eigenvalue weighted by atomic mass is 35.5. The number of rotatable bonds is 5. The number of ether oxygens (including phenoxy) is 1. The van der Waals surface area contributed by atoms with E-state index in [1.54, 1.807) is 0 Å². The minimum atomic E-state index is -8.80. The van der Waals surface area contributed by atoms with E-state index in [1.165, 1.54) is 6.92 Å². The smallest absolute Gasteiger partial charge is 0.269 e. The Morgan fingerprint density at radius 3 is 2.25 bits per heavy atom. The molecule has 1 rings (SSSR count). The fraction of sp³-hybridized carbons (Fsp3) is 0.200. The predicted octanol–water partition coefficient (Wildman–Crippen LogP) is 5.44. The summed E-state index contributed by atoms with van der Waals surface area (Å²) < 4.78 is 59.6. The van der Waals surface area contributed by atoms with E-state index < -0.39 is 36.0 Å². The van der Waals surface area contributed by atoms with Crippen molar-refractivity contribution in [1.82, 2.24) is 0 Å². The Labute approximate surface area is 116 Å². The Bertz CT molecular complexity index is 569. The van der Waals surface area contributed by atoms with Crippen LogP contribution in [0.2, 0.25) is 0 Å². The second-order valence-electron chi connectivity index (χ2n) is 3.74. The molecule has 1 aromatic rings. The van der Waals surface area contributed by atoms with Gasteiger partial charge in [0.2, 0.25) is 9.84 Å². The summed E-state index contributed by atoms with van der Waals surface area (Å²) in [5, 5.41) is 8.52. The predicted molar refractivity (Wildman–Crippen MR) is 68.9 cm³/mol. The van der Waals surface area contributed by atoms with Gasteiger partial charge in [0.15, 0.2) is 5.22 Å². The minimum absolute atomic E-state index is 0.163. The van der Waals surface area contributed by atoms with Gasteiger partial charge < -0.3 is 4.74 Å². The first kappa shape index (κ1) is 16.6. The molecule has 0 aromatic heterocycles. The molecule has 10 heteroatoms. The molecule has 0 N–H and O–H groups in total. The molecule has 0 spiro atoms. The average molecular weight is 336 g/mol. The van der Waals surface area contributed by atoms with Gasteiger partial charge in [0.25, 0.3) is 5.69 Å². The molecule has 0 radical (unpaired) electrons. The molecule has 0 saturated carbocycles. The molecule has 0 aliphatic carbocycles. The Morgan fingerprint density at radius 2 is 1.85 bits per heavy atom. The zero-order chi connectivity index (χ0) is 15.7. The monoisotopic (exact) mass is 335 g/mol. The highest BCUT2D eigenvalue weighted by molar-refractivity contribution is 8.52. The van der Waals surface area contributed by atoms with Gasteiger partial charge in [0.1, 0.15) is 0 Å². The summed E-state index contributed by atoms with van der Waals surface area (Å²) in [6, 6.07) is 1.73. The first-order valence-electron chi connectivity index (χ1n) is 5.14. The average Bonchev–Trinajstić information content (AvgIpc) is 2.27. The number of benzene rings is 1. The van der Waals surface area contributed by atoms with E-state index in [9.17, 15) is 25.7 Å². The van der Waals surface area contributed by atoms with Crippen LogP contribution in [0.3, 0.4) is 0 Å². The minimum Gasteiger partial charge on any atom is -0.483 e. The maximum absolute atomic E-state index is 13.8. The van der Waals surface area contributed by atoms with Gasteiger partial charge in [-0.3, -0.25) is 10.1 Å². The quantitative estimate of drug-likeness (QED) is 0.311. The van der Waals surface area contributed by atoms with Crippen molar-refractivity contribution in [1.29, 1.82) is 0 Å². The molecule has 0 atom stereocenters. The Balaban J connectivity index is 3.37. The van der Waals surface area contributed by atoms with Gasteiger partial charge in [0, 0.05) is 12.1 Å². The SMILES string of the molecule is CCOC(Cl)=CS(F)(F)(F)(F)c1ccc([N+](=O)[O-])cc1. The van der Waals surface area contributed by atoms with E-state index in [-0.39, 0.29) is 6.61 Å². The van der Waals surface area contributed by atoms with Crippen molar-refractivity contribution in [3.8, 4) is 0 Å². The van der Waals surface area contributed by atoms with Gasteiger partial charge in [-0.1, -0.05) is 0 Å². The Hall–Kier alpha value is -1.48. The van der Waals surface area contributed by atoms with Crippen molar-refractivity contribution in [3.63, 3.8) is 0 Å². The fourth-order valence-electron chi connectivity index (χ4n) is 1.28. The number of hydrogen-bond donors (Lipinski definition) is 0. The summed E-state index contributed by atoms with van der Waals surface area (Å²) in [6.07, 6.45) is 0. The van der Waals surface area contributed by atoms with Crippen LogP contribution in [-0.2, 0) is 4.74 Å². The Kier molecular flexibility index (Phi) is 3.75.